The van der Waals surface area contributed by atoms with E-state index in [2.05, 4.69) is 9.68 Å². The van der Waals surface area contributed by atoms with Gasteiger partial charge in [0.25, 0.3) is 0 Å². The molecule has 6 nitrogen and oxygen atoms in total. The Morgan fingerprint density at radius 2 is 1.95 bits per heavy atom. The Balaban J connectivity index is 2.40. The van der Waals surface area contributed by atoms with Crippen molar-refractivity contribution in [2.45, 2.75) is 13.5 Å². The van der Waals surface area contributed by atoms with Crippen molar-refractivity contribution in [2.75, 3.05) is 14.1 Å². The SMILES string of the molecule is Cc1ccc(-c2noc(=O)n2CC(=O)N(C)C)cc1. The van der Waals surface area contributed by atoms with Crippen molar-refractivity contribution < 1.29 is 9.32 Å². The molecule has 2 aromatic rings. The number of carbonyl (C=O) groups excluding carboxylic acids is 1. The maximum atomic E-state index is 11.7. The van der Waals surface area contributed by atoms with Crippen molar-refractivity contribution in [3.05, 3.63) is 40.4 Å². The Kier molecular flexibility index (Phi) is 3.50. The van der Waals surface area contributed by atoms with Crippen LogP contribution in [0, 0.1) is 6.92 Å². The van der Waals surface area contributed by atoms with Crippen molar-refractivity contribution in [2.24, 2.45) is 0 Å². The van der Waals surface area contributed by atoms with Crippen LogP contribution in [0.3, 0.4) is 0 Å². The van der Waals surface area contributed by atoms with E-state index in [9.17, 15) is 9.59 Å². The van der Waals surface area contributed by atoms with Gasteiger partial charge < -0.3 is 4.90 Å². The van der Waals surface area contributed by atoms with E-state index >= 15 is 0 Å². The number of hydrogen-bond acceptors (Lipinski definition) is 4. The standard InChI is InChI=1S/C13H15N3O3/c1-9-4-6-10(7-5-9)12-14-19-13(18)16(12)8-11(17)15(2)3/h4-7H,8H2,1-3H3. The minimum absolute atomic E-state index is 0.0848. The second kappa shape index (κ2) is 5.09. The van der Waals surface area contributed by atoms with E-state index in [0.717, 1.165) is 11.1 Å². The number of aryl methyl sites for hydroxylation is 1. The van der Waals surface area contributed by atoms with Crippen molar-refractivity contribution in [3.63, 3.8) is 0 Å². The molecule has 1 aromatic carbocycles. The smallest absolute Gasteiger partial charge is 0.347 e. The second-order valence-corrected chi connectivity index (χ2v) is 4.51. The summed E-state index contributed by atoms with van der Waals surface area (Å²) in [7, 11) is 3.26. The molecular weight excluding hydrogens is 246 g/mol. The summed E-state index contributed by atoms with van der Waals surface area (Å²) in [5.41, 5.74) is 1.84. The van der Waals surface area contributed by atoms with Crippen LogP contribution in [0.5, 0.6) is 0 Å². The Morgan fingerprint density at radius 3 is 2.53 bits per heavy atom. The number of nitrogens with zero attached hydrogens (tertiary/aromatic N) is 3. The monoisotopic (exact) mass is 261 g/mol. The minimum Gasteiger partial charge on any atom is -0.347 e. The number of hydrogen-bond donors (Lipinski definition) is 0. The van der Waals surface area contributed by atoms with Crippen LogP contribution in [0.15, 0.2) is 33.6 Å². The van der Waals surface area contributed by atoms with Gasteiger partial charge in [-0.1, -0.05) is 35.0 Å². The molecule has 0 radical (unpaired) electrons. The molecule has 2 rings (SSSR count). The van der Waals surface area contributed by atoms with Crippen LogP contribution in [-0.4, -0.2) is 34.6 Å². The molecule has 0 unspecified atom stereocenters. The predicted molar refractivity (Wildman–Crippen MR) is 69.6 cm³/mol. The first-order valence-electron chi connectivity index (χ1n) is 5.82. The highest BCUT2D eigenvalue weighted by molar-refractivity contribution is 5.76. The molecule has 100 valence electrons. The zero-order chi connectivity index (χ0) is 14.0. The zero-order valence-electron chi connectivity index (χ0n) is 11.1. The van der Waals surface area contributed by atoms with Crippen LogP contribution in [0.25, 0.3) is 11.4 Å². The van der Waals surface area contributed by atoms with Crippen molar-refractivity contribution >= 4 is 5.91 Å². The summed E-state index contributed by atoms with van der Waals surface area (Å²) in [6.07, 6.45) is 0. The number of carbonyl (C=O) groups is 1. The molecule has 1 aromatic heterocycles. The summed E-state index contributed by atoms with van der Waals surface area (Å²) >= 11 is 0. The lowest BCUT2D eigenvalue weighted by molar-refractivity contribution is -0.129. The molecule has 1 amide bonds. The first-order valence-corrected chi connectivity index (χ1v) is 5.82. The number of likely N-dealkylation sites (N-methyl/N-ethyl adjacent to an activating group) is 1. The molecule has 6 heteroatoms. The van der Waals surface area contributed by atoms with Gasteiger partial charge in [0, 0.05) is 19.7 Å². The average molecular weight is 261 g/mol. The molecule has 0 atom stereocenters. The van der Waals surface area contributed by atoms with E-state index in [-0.39, 0.29) is 12.5 Å². The number of rotatable bonds is 3. The minimum atomic E-state index is -0.634. The van der Waals surface area contributed by atoms with Crippen LogP contribution < -0.4 is 5.76 Å². The molecule has 19 heavy (non-hydrogen) atoms. The predicted octanol–water partition coefficient (Wildman–Crippen LogP) is 0.900. The van der Waals surface area contributed by atoms with Gasteiger partial charge in [-0.15, -0.1) is 0 Å². The Hall–Kier alpha value is -2.37. The van der Waals surface area contributed by atoms with Gasteiger partial charge >= 0.3 is 5.76 Å². The topological polar surface area (TPSA) is 68.3 Å². The van der Waals surface area contributed by atoms with Crippen LogP contribution >= 0.6 is 0 Å². The first-order chi connectivity index (χ1) is 8.99. The molecule has 0 saturated heterocycles. The number of aromatic nitrogens is 2. The van der Waals surface area contributed by atoms with Crippen molar-refractivity contribution in [1.82, 2.24) is 14.6 Å². The molecule has 0 spiro atoms. The highest BCUT2D eigenvalue weighted by Crippen LogP contribution is 2.16. The van der Waals surface area contributed by atoms with Gasteiger partial charge in [-0.2, -0.15) is 0 Å². The lowest BCUT2D eigenvalue weighted by atomic mass is 10.1. The molecule has 0 N–H and O–H groups in total. The largest absolute Gasteiger partial charge is 0.442 e. The summed E-state index contributed by atoms with van der Waals surface area (Å²) in [5.74, 6) is -0.468. The van der Waals surface area contributed by atoms with Gasteiger partial charge in [0.2, 0.25) is 5.91 Å². The molecule has 1 heterocycles. The van der Waals surface area contributed by atoms with Gasteiger partial charge in [-0.05, 0) is 6.92 Å². The second-order valence-electron chi connectivity index (χ2n) is 4.51. The van der Waals surface area contributed by atoms with Crippen LogP contribution in [-0.2, 0) is 11.3 Å². The van der Waals surface area contributed by atoms with E-state index in [1.54, 1.807) is 14.1 Å². The molecular formula is C13H15N3O3. The van der Waals surface area contributed by atoms with E-state index < -0.39 is 5.76 Å². The Morgan fingerprint density at radius 1 is 1.32 bits per heavy atom. The fraction of sp³-hybridized carbons (Fsp3) is 0.308. The van der Waals surface area contributed by atoms with Crippen LogP contribution in [0.2, 0.25) is 0 Å². The third-order valence-corrected chi connectivity index (χ3v) is 2.79. The fourth-order valence-electron chi connectivity index (χ4n) is 1.59. The quantitative estimate of drug-likeness (QED) is 0.823. The summed E-state index contributed by atoms with van der Waals surface area (Å²) in [5, 5.41) is 3.73. The summed E-state index contributed by atoms with van der Waals surface area (Å²) < 4.78 is 5.88. The van der Waals surface area contributed by atoms with E-state index in [4.69, 9.17) is 0 Å². The van der Waals surface area contributed by atoms with E-state index in [1.165, 1.54) is 9.47 Å². The van der Waals surface area contributed by atoms with Crippen molar-refractivity contribution in [3.8, 4) is 11.4 Å². The third kappa shape index (κ3) is 2.73. The van der Waals surface area contributed by atoms with Crippen LogP contribution in [0.4, 0.5) is 0 Å². The molecule has 0 bridgehead atoms. The summed E-state index contributed by atoms with van der Waals surface area (Å²) in [6.45, 7) is 1.88. The van der Waals surface area contributed by atoms with Gasteiger partial charge in [-0.3, -0.25) is 9.32 Å². The third-order valence-electron chi connectivity index (χ3n) is 2.79. The molecule has 0 aliphatic carbocycles. The van der Waals surface area contributed by atoms with Gasteiger partial charge in [-0.25, -0.2) is 9.36 Å². The molecule has 0 aliphatic rings. The average Bonchev–Trinajstić information content (AvgIpc) is 2.72. The first kappa shape index (κ1) is 13.1. The number of benzene rings is 1. The maximum absolute atomic E-state index is 11.7. The van der Waals surface area contributed by atoms with Crippen LogP contribution in [0.1, 0.15) is 5.56 Å². The molecule has 0 aliphatic heterocycles. The lowest BCUT2D eigenvalue weighted by Crippen LogP contribution is -2.30. The Bertz CT molecular complexity index is 638. The zero-order valence-corrected chi connectivity index (χ0v) is 11.1. The fourth-order valence-corrected chi connectivity index (χ4v) is 1.59. The van der Waals surface area contributed by atoms with E-state index in [1.807, 2.05) is 31.2 Å². The van der Waals surface area contributed by atoms with Gasteiger partial charge in [0.15, 0.2) is 5.82 Å². The van der Waals surface area contributed by atoms with Gasteiger partial charge in [0.1, 0.15) is 6.54 Å². The Labute approximate surface area is 110 Å². The normalized spacial score (nSPS) is 10.5. The highest BCUT2D eigenvalue weighted by atomic mass is 16.5. The summed E-state index contributed by atoms with van der Waals surface area (Å²) in [6, 6.07) is 7.49. The number of amides is 1. The maximum Gasteiger partial charge on any atom is 0.442 e. The molecule has 0 fully saturated rings. The van der Waals surface area contributed by atoms with Gasteiger partial charge in [0.05, 0.1) is 0 Å². The highest BCUT2D eigenvalue weighted by Gasteiger charge is 2.16. The summed E-state index contributed by atoms with van der Waals surface area (Å²) in [4.78, 5) is 24.7. The molecule has 0 saturated carbocycles. The lowest BCUT2D eigenvalue weighted by Gasteiger charge is -2.10. The van der Waals surface area contributed by atoms with E-state index in [0.29, 0.717) is 5.82 Å². The van der Waals surface area contributed by atoms with Crippen molar-refractivity contribution in [1.29, 1.82) is 0 Å².